The van der Waals surface area contributed by atoms with Crippen LogP contribution < -0.4 is 0 Å². The first-order valence-corrected chi connectivity index (χ1v) is 8.45. The van der Waals surface area contributed by atoms with Gasteiger partial charge in [0.05, 0.1) is 6.54 Å². The van der Waals surface area contributed by atoms with E-state index in [4.69, 9.17) is 9.47 Å². The van der Waals surface area contributed by atoms with Crippen LogP contribution in [0.4, 0.5) is 9.59 Å². The third-order valence-corrected chi connectivity index (χ3v) is 3.42. The van der Waals surface area contributed by atoms with Crippen molar-refractivity contribution in [1.29, 1.82) is 0 Å². The van der Waals surface area contributed by atoms with Gasteiger partial charge in [0.15, 0.2) is 0 Å². The molecule has 5 heteroatoms. The lowest BCUT2D eigenvalue weighted by molar-refractivity contribution is 0.00321. The lowest BCUT2D eigenvalue weighted by Crippen LogP contribution is -2.44. The maximum Gasteiger partial charge on any atom is 0.420 e. The van der Waals surface area contributed by atoms with Crippen LogP contribution in [0.25, 0.3) is 6.08 Å². The van der Waals surface area contributed by atoms with Gasteiger partial charge in [0.1, 0.15) is 11.2 Å². The van der Waals surface area contributed by atoms with Crippen LogP contribution in [0, 0.1) is 0 Å². The van der Waals surface area contributed by atoms with Crippen LogP contribution >= 0.6 is 0 Å². The Morgan fingerprint density at radius 2 is 1.48 bits per heavy atom. The summed E-state index contributed by atoms with van der Waals surface area (Å²) < 4.78 is 10.8. The summed E-state index contributed by atoms with van der Waals surface area (Å²) in [5, 5.41) is 0. The van der Waals surface area contributed by atoms with Crippen molar-refractivity contribution in [3.05, 3.63) is 41.0 Å². The smallest absolute Gasteiger partial charge is 0.420 e. The molecular formula is C20H27NO4. The van der Waals surface area contributed by atoms with Crippen molar-refractivity contribution in [2.24, 2.45) is 0 Å². The molecule has 25 heavy (non-hydrogen) atoms. The fraction of sp³-hybridized carbons (Fsp3) is 0.500. The van der Waals surface area contributed by atoms with Crippen LogP contribution in [-0.4, -0.2) is 34.8 Å². The minimum Gasteiger partial charge on any atom is -0.443 e. The van der Waals surface area contributed by atoms with Crippen LogP contribution in [-0.2, 0) is 15.9 Å². The lowest BCUT2D eigenvalue weighted by atomic mass is 10.1. The number of carbonyl (C=O) groups excluding carboxylic acids is 2. The van der Waals surface area contributed by atoms with Crippen molar-refractivity contribution in [2.45, 2.75) is 59.2 Å². The number of ether oxygens (including phenoxy) is 2. The first-order chi connectivity index (χ1) is 11.4. The molecule has 0 radical (unpaired) electrons. The number of amides is 2. The van der Waals surface area contributed by atoms with E-state index in [0.29, 0.717) is 6.42 Å². The van der Waals surface area contributed by atoms with Crippen molar-refractivity contribution in [2.75, 3.05) is 6.54 Å². The third-order valence-electron chi connectivity index (χ3n) is 3.42. The van der Waals surface area contributed by atoms with E-state index in [0.717, 1.165) is 16.0 Å². The molecule has 0 saturated heterocycles. The van der Waals surface area contributed by atoms with Crippen molar-refractivity contribution < 1.29 is 19.1 Å². The normalized spacial score (nSPS) is 13.8. The molecule has 2 amide bonds. The second kappa shape index (κ2) is 6.90. The number of carbonyl (C=O) groups is 2. The van der Waals surface area contributed by atoms with Gasteiger partial charge in [-0.15, -0.1) is 0 Å². The topological polar surface area (TPSA) is 55.8 Å². The maximum atomic E-state index is 12.5. The molecule has 0 atom stereocenters. The van der Waals surface area contributed by atoms with Crippen LogP contribution in [0.3, 0.4) is 0 Å². The van der Waals surface area contributed by atoms with E-state index in [9.17, 15) is 9.59 Å². The molecule has 0 saturated carbocycles. The average molecular weight is 345 g/mol. The van der Waals surface area contributed by atoms with Gasteiger partial charge in [-0.05, 0) is 64.7 Å². The summed E-state index contributed by atoms with van der Waals surface area (Å²) in [6, 6.07) is 8.02. The van der Waals surface area contributed by atoms with E-state index in [1.807, 2.05) is 30.3 Å². The Morgan fingerprint density at radius 1 is 0.960 bits per heavy atom. The molecule has 0 aliphatic heterocycles. The number of nitrogens with zero attached hydrogens (tertiary/aromatic N) is 1. The van der Waals surface area contributed by atoms with E-state index >= 15 is 0 Å². The molecule has 1 aliphatic rings. The monoisotopic (exact) mass is 345 g/mol. The van der Waals surface area contributed by atoms with Crippen LogP contribution in [0.2, 0.25) is 0 Å². The highest BCUT2D eigenvalue weighted by molar-refractivity contribution is 5.89. The Bertz CT molecular complexity index is 664. The summed E-state index contributed by atoms with van der Waals surface area (Å²) in [5.41, 5.74) is 1.89. The van der Waals surface area contributed by atoms with Crippen molar-refractivity contribution in [3.63, 3.8) is 0 Å². The Labute approximate surface area is 149 Å². The maximum absolute atomic E-state index is 12.5. The standard InChI is InChI=1S/C20H27NO4/c1-19(2,3)24-17(22)21(18(23)25-20(4,5)6)13-14-11-15-9-7-8-10-16(15)12-14/h7-11H,12-13H2,1-6H3. The van der Waals surface area contributed by atoms with Crippen LogP contribution in [0.1, 0.15) is 52.7 Å². The molecule has 1 aromatic rings. The molecular weight excluding hydrogens is 318 g/mol. The molecule has 0 bridgehead atoms. The molecule has 5 nitrogen and oxygen atoms in total. The predicted molar refractivity (Wildman–Crippen MR) is 97.3 cm³/mol. The van der Waals surface area contributed by atoms with Crippen molar-refractivity contribution in [1.82, 2.24) is 4.90 Å². The van der Waals surface area contributed by atoms with E-state index in [1.165, 1.54) is 5.56 Å². The molecule has 0 heterocycles. The lowest BCUT2D eigenvalue weighted by Gasteiger charge is -2.28. The van der Waals surface area contributed by atoms with E-state index < -0.39 is 23.4 Å². The van der Waals surface area contributed by atoms with Gasteiger partial charge in [-0.1, -0.05) is 30.3 Å². The van der Waals surface area contributed by atoms with Gasteiger partial charge in [0, 0.05) is 0 Å². The van der Waals surface area contributed by atoms with Gasteiger partial charge >= 0.3 is 12.2 Å². The minimum atomic E-state index is -0.696. The Morgan fingerprint density at radius 3 is 1.96 bits per heavy atom. The second-order valence-electron chi connectivity index (χ2n) is 8.23. The summed E-state index contributed by atoms with van der Waals surface area (Å²) in [6.45, 7) is 10.8. The Hall–Kier alpha value is -2.30. The van der Waals surface area contributed by atoms with Crippen molar-refractivity contribution >= 4 is 18.3 Å². The number of fused-ring (bicyclic) bond motifs is 1. The molecule has 1 aliphatic carbocycles. The summed E-state index contributed by atoms with van der Waals surface area (Å²) in [7, 11) is 0. The number of hydrogen-bond acceptors (Lipinski definition) is 4. The fourth-order valence-corrected chi connectivity index (χ4v) is 2.49. The zero-order chi connectivity index (χ0) is 18.8. The van der Waals surface area contributed by atoms with Crippen LogP contribution in [0.5, 0.6) is 0 Å². The second-order valence-corrected chi connectivity index (χ2v) is 8.23. The summed E-state index contributed by atoms with van der Waals surface area (Å²) in [4.78, 5) is 26.1. The van der Waals surface area contributed by atoms with Gasteiger partial charge in [0.2, 0.25) is 0 Å². The zero-order valence-electron chi connectivity index (χ0n) is 15.9. The number of hydrogen-bond donors (Lipinski definition) is 0. The van der Waals surface area contributed by atoms with E-state index in [-0.39, 0.29) is 6.54 Å². The molecule has 0 unspecified atom stereocenters. The number of rotatable bonds is 2. The van der Waals surface area contributed by atoms with Gasteiger partial charge in [-0.25, -0.2) is 14.5 Å². The minimum absolute atomic E-state index is 0.151. The molecule has 0 N–H and O–H groups in total. The predicted octanol–water partition coefficient (Wildman–Crippen LogP) is 4.80. The first-order valence-electron chi connectivity index (χ1n) is 8.45. The quantitative estimate of drug-likeness (QED) is 0.773. The summed E-state index contributed by atoms with van der Waals surface area (Å²) >= 11 is 0. The summed E-state index contributed by atoms with van der Waals surface area (Å²) in [6.07, 6.45) is 1.33. The molecule has 0 fully saturated rings. The SMILES string of the molecule is CC(C)(C)OC(=O)N(CC1=Cc2ccccc2C1)C(=O)OC(C)(C)C. The Kier molecular flexibility index (Phi) is 5.26. The first kappa shape index (κ1) is 19.0. The highest BCUT2D eigenvalue weighted by Crippen LogP contribution is 2.26. The number of imide groups is 1. The van der Waals surface area contributed by atoms with Gasteiger partial charge in [-0.3, -0.25) is 0 Å². The molecule has 136 valence electrons. The highest BCUT2D eigenvalue weighted by atomic mass is 16.6. The third kappa shape index (κ3) is 5.62. The number of benzene rings is 1. The van der Waals surface area contributed by atoms with Crippen LogP contribution in [0.15, 0.2) is 29.8 Å². The van der Waals surface area contributed by atoms with Gasteiger partial charge in [-0.2, -0.15) is 0 Å². The van der Waals surface area contributed by atoms with E-state index in [1.54, 1.807) is 41.5 Å². The zero-order valence-corrected chi connectivity index (χ0v) is 15.9. The largest absolute Gasteiger partial charge is 0.443 e. The molecule has 1 aromatic carbocycles. The molecule has 0 aromatic heterocycles. The fourth-order valence-electron chi connectivity index (χ4n) is 2.49. The molecule has 2 rings (SSSR count). The Balaban J connectivity index is 2.18. The molecule has 0 spiro atoms. The summed E-state index contributed by atoms with van der Waals surface area (Å²) in [5.74, 6) is 0. The van der Waals surface area contributed by atoms with E-state index in [2.05, 4.69) is 0 Å². The van der Waals surface area contributed by atoms with Gasteiger partial charge in [0.25, 0.3) is 0 Å². The van der Waals surface area contributed by atoms with Crippen molar-refractivity contribution in [3.8, 4) is 0 Å². The highest BCUT2D eigenvalue weighted by Gasteiger charge is 2.32. The average Bonchev–Trinajstić information content (AvgIpc) is 2.83. The van der Waals surface area contributed by atoms with Gasteiger partial charge < -0.3 is 9.47 Å².